The maximum absolute atomic E-state index is 12.6. The van der Waals surface area contributed by atoms with E-state index in [4.69, 9.17) is 5.73 Å². The zero-order chi connectivity index (χ0) is 13.7. The SMILES string of the molecule is CCSC(C(=O)N1CCCC(C(C)N)C1)C(C)C. The number of likely N-dealkylation sites (tertiary alicyclic amines) is 1. The highest BCUT2D eigenvalue weighted by molar-refractivity contribution is 8.00. The molecule has 1 fully saturated rings. The number of amides is 1. The molecule has 2 N–H and O–H groups in total. The lowest BCUT2D eigenvalue weighted by atomic mass is 9.91. The minimum absolute atomic E-state index is 0.113. The Morgan fingerprint density at radius 3 is 2.61 bits per heavy atom. The van der Waals surface area contributed by atoms with Gasteiger partial charge in [-0.05, 0) is 37.4 Å². The molecule has 0 spiro atoms. The molecule has 3 unspecified atom stereocenters. The van der Waals surface area contributed by atoms with E-state index in [1.807, 2.05) is 4.90 Å². The molecule has 0 aromatic rings. The molecule has 18 heavy (non-hydrogen) atoms. The zero-order valence-corrected chi connectivity index (χ0v) is 13.0. The van der Waals surface area contributed by atoms with E-state index in [2.05, 4.69) is 27.7 Å². The van der Waals surface area contributed by atoms with Crippen LogP contribution in [-0.4, -0.2) is 40.9 Å². The minimum atomic E-state index is 0.113. The van der Waals surface area contributed by atoms with Gasteiger partial charge in [-0.1, -0.05) is 20.8 Å². The summed E-state index contributed by atoms with van der Waals surface area (Å²) >= 11 is 1.77. The predicted octanol–water partition coefficient (Wildman–Crippen LogP) is 2.35. The van der Waals surface area contributed by atoms with Crippen LogP contribution in [0.5, 0.6) is 0 Å². The minimum Gasteiger partial charge on any atom is -0.341 e. The Hall–Kier alpha value is -0.220. The molecule has 1 aliphatic rings. The molecule has 0 saturated carbocycles. The van der Waals surface area contributed by atoms with E-state index in [1.165, 1.54) is 0 Å². The number of hydrogen-bond acceptors (Lipinski definition) is 3. The Kier molecular flexibility index (Phi) is 6.50. The van der Waals surface area contributed by atoms with Gasteiger partial charge in [-0.3, -0.25) is 4.79 Å². The molecule has 0 bridgehead atoms. The van der Waals surface area contributed by atoms with Crippen molar-refractivity contribution in [3.05, 3.63) is 0 Å². The van der Waals surface area contributed by atoms with Crippen molar-refractivity contribution in [2.45, 2.75) is 51.8 Å². The summed E-state index contributed by atoms with van der Waals surface area (Å²) in [6.45, 7) is 10.2. The van der Waals surface area contributed by atoms with Crippen LogP contribution >= 0.6 is 11.8 Å². The Balaban J connectivity index is 2.64. The van der Waals surface area contributed by atoms with Gasteiger partial charge in [0.05, 0.1) is 5.25 Å². The van der Waals surface area contributed by atoms with E-state index >= 15 is 0 Å². The fourth-order valence-electron chi connectivity index (χ4n) is 2.55. The number of thioether (sulfide) groups is 1. The average molecular weight is 272 g/mol. The molecule has 4 heteroatoms. The monoisotopic (exact) mass is 272 g/mol. The van der Waals surface area contributed by atoms with Gasteiger partial charge in [-0.25, -0.2) is 0 Å². The van der Waals surface area contributed by atoms with E-state index < -0.39 is 0 Å². The Bertz CT molecular complexity index is 269. The second-order valence-corrected chi connectivity index (χ2v) is 7.08. The van der Waals surface area contributed by atoms with Crippen LogP contribution in [0.1, 0.15) is 40.5 Å². The summed E-state index contributed by atoms with van der Waals surface area (Å²) in [5.41, 5.74) is 5.98. The molecule has 1 heterocycles. The third kappa shape index (κ3) is 4.16. The van der Waals surface area contributed by atoms with Crippen LogP contribution in [0, 0.1) is 11.8 Å². The van der Waals surface area contributed by atoms with E-state index in [0.29, 0.717) is 17.7 Å². The van der Waals surface area contributed by atoms with Crippen LogP contribution in [0.15, 0.2) is 0 Å². The smallest absolute Gasteiger partial charge is 0.235 e. The molecule has 106 valence electrons. The number of rotatable bonds is 5. The standard InChI is InChI=1S/C14H28N2OS/c1-5-18-13(10(2)3)14(17)16-8-6-7-12(9-16)11(4)15/h10-13H,5-9,15H2,1-4H3. The molecular formula is C14H28N2OS. The summed E-state index contributed by atoms with van der Waals surface area (Å²) in [7, 11) is 0. The van der Waals surface area contributed by atoms with Crippen LogP contribution in [0.2, 0.25) is 0 Å². The summed E-state index contributed by atoms with van der Waals surface area (Å²) in [6.07, 6.45) is 2.26. The average Bonchev–Trinajstić information content (AvgIpc) is 2.35. The molecule has 1 aliphatic heterocycles. The Labute approximate surface area is 116 Å². The van der Waals surface area contributed by atoms with Gasteiger partial charge >= 0.3 is 0 Å². The lowest BCUT2D eigenvalue weighted by Crippen LogP contribution is -2.48. The quantitative estimate of drug-likeness (QED) is 0.835. The van der Waals surface area contributed by atoms with Gasteiger partial charge in [-0.2, -0.15) is 0 Å². The molecule has 0 aromatic heterocycles. The number of carbonyl (C=O) groups is 1. The van der Waals surface area contributed by atoms with Crippen LogP contribution < -0.4 is 5.73 Å². The van der Waals surface area contributed by atoms with Crippen molar-refractivity contribution < 1.29 is 4.79 Å². The molecule has 1 amide bonds. The second kappa shape index (κ2) is 7.39. The van der Waals surface area contributed by atoms with Crippen molar-refractivity contribution in [2.24, 2.45) is 17.6 Å². The van der Waals surface area contributed by atoms with Crippen LogP contribution in [0.25, 0.3) is 0 Å². The van der Waals surface area contributed by atoms with Gasteiger partial charge in [0.25, 0.3) is 0 Å². The summed E-state index contributed by atoms with van der Waals surface area (Å²) in [5, 5.41) is 0.113. The number of nitrogens with two attached hydrogens (primary N) is 1. The first-order chi connectivity index (χ1) is 8.47. The van der Waals surface area contributed by atoms with Gasteiger partial charge in [0, 0.05) is 19.1 Å². The fraction of sp³-hybridized carbons (Fsp3) is 0.929. The summed E-state index contributed by atoms with van der Waals surface area (Å²) in [6, 6.07) is 0.192. The van der Waals surface area contributed by atoms with Gasteiger partial charge < -0.3 is 10.6 Å². The van der Waals surface area contributed by atoms with Crippen LogP contribution in [0.4, 0.5) is 0 Å². The molecule has 0 aromatic carbocycles. The Morgan fingerprint density at radius 2 is 2.11 bits per heavy atom. The lowest BCUT2D eigenvalue weighted by molar-refractivity contribution is -0.133. The topological polar surface area (TPSA) is 46.3 Å². The van der Waals surface area contributed by atoms with Gasteiger partial charge in [0.2, 0.25) is 5.91 Å². The summed E-state index contributed by atoms with van der Waals surface area (Å²) < 4.78 is 0. The predicted molar refractivity (Wildman–Crippen MR) is 79.7 cm³/mol. The van der Waals surface area contributed by atoms with Crippen LogP contribution in [0.3, 0.4) is 0 Å². The van der Waals surface area contributed by atoms with Crippen molar-refractivity contribution in [1.29, 1.82) is 0 Å². The fourth-order valence-corrected chi connectivity index (χ4v) is 3.58. The Morgan fingerprint density at radius 1 is 1.44 bits per heavy atom. The highest BCUT2D eigenvalue weighted by atomic mass is 32.2. The highest BCUT2D eigenvalue weighted by Gasteiger charge is 2.31. The number of carbonyl (C=O) groups excluding carboxylic acids is 1. The molecular weight excluding hydrogens is 244 g/mol. The summed E-state index contributed by atoms with van der Waals surface area (Å²) in [5.74, 6) is 2.20. The second-order valence-electron chi connectivity index (χ2n) is 5.67. The van der Waals surface area contributed by atoms with Gasteiger partial charge in [-0.15, -0.1) is 11.8 Å². The normalized spacial score (nSPS) is 24.1. The van der Waals surface area contributed by atoms with Crippen molar-refractivity contribution in [3.63, 3.8) is 0 Å². The largest absolute Gasteiger partial charge is 0.341 e. The lowest BCUT2D eigenvalue weighted by Gasteiger charge is -2.37. The van der Waals surface area contributed by atoms with E-state index in [1.54, 1.807) is 11.8 Å². The number of hydrogen-bond donors (Lipinski definition) is 1. The first-order valence-corrected chi connectivity index (χ1v) is 8.18. The van der Waals surface area contributed by atoms with E-state index in [-0.39, 0.29) is 11.3 Å². The van der Waals surface area contributed by atoms with Crippen molar-refractivity contribution in [3.8, 4) is 0 Å². The number of nitrogens with zero attached hydrogens (tertiary/aromatic N) is 1. The molecule has 1 saturated heterocycles. The first kappa shape index (κ1) is 15.8. The van der Waals surface area contributed by atoms with E-state index in [9.17, 15) is 4.79 Å². The van der Waals surface area contributed by atoms with Gasteiger partial charge in [0.1, 0.15) is 0 Å². The maximum atomic E-state index is 12.6. The first-order valence-electron chi connectivity index (χ1n) is 7.13. The maximum Gasteiger partial charge on any atom is 0.235 e. The van der Waals surface area contributed by atoms with Crippen LogP contribution in [-0.2, 0) is 4.79 Å². The van der Waals surface area contributed by atoms with E-state index in [0.717, 1.165) is 31.7 Å². The van der Waals surface area contributed by atoms with Crippen molar-refractivity contribution in [1.82, 2.24) is 4.90 Å². The number of piperidine rings is 1. The third-order valence-corrected chi connectivity index (χ3v) is 5.15. The highest BCUT2D eigenvalue weighted by Crippen LogP contribution is 2.25. The molecule has 1 rings (SSSR count). The zero-order valence-electron chi connectivity index (χ0n) is 12.2. The molecule has 0 radical (unpaired) electrons. The molecule has 3 nitrogen and oxygen atoms in total. The van der Waals surface area contributed by atoms with Crippen molar-refractivity contribution in [2.75, 3.05) is 18.8 Å². The summed E-state index contributed by atoms with van der Waals surface area (Å²) in [4.78, 5) is 14.6. The molecule has 0 aliphatic carbocycles. The third-order valence-electron chi connectivity index (χ3n) is 3.71. The van der Waals surface area contributed by atoms with Gasteiger partial charge in [0.15, 0.2) is 0 Å². The molecule has 3 atom stereocenters. The van der Waals surface area contributed by atoms with Crippen molar-refractivity contribution >= 4 is 17.7 Å².